The number of phenols is 1. The number of H-pyrrole nitrogens is 1. The van der Waals surface area contributed by atoms with Gasteiger partial charge >= 0.3 is 0 Å². The Morgan fingerprint density at radius 1 is 1.06 bits per heavy atom. The molecule has 5 aromatic rings. The van der Waals surface area contributed by atoms with Crippen molar-refractivity contribution in [2.75, 3.05) is 11.9 Å². The number of phenolic OH excluding ortho intramolecular Hbond substituents is 1. The Labute approximate surface area is 206 Å². The first-order valence-corrected chi connectivity index (χ1v) is 11.4. The maximum atomic E-state index is 15.0. The van der Waals surface area contributed by atoms with Crippen LogP contribution in [0.1, 0.15) is 17.3 Å². The van der Waals surface area contributed by atoms with E-state index in [1.807, 2.05) is 42.5 Å². The van der Waals surface area contributed by atoms with Gasteiger partial charge in [0.05, 0.1) is 35.9 Å². The van der Waals surface area contributed by atoms with Crippen LogP contribution in [0.5, 0.6) is 5.75 Å². The van der Waals surface area contributed by atoms with E-state index in [-0.39, 0.29) is 18.4 Å². The summed E-state index contributed by atoms with van der Waals surface area (Å²) in [6.07, 6.45) is 1.61. The number of benzene rings is 3. The average molecular weight is 489 g/mol. The number of anilines is 1. The molecule has 2 aromatic heterocycles. The molecular weight excluding hydrogens is 467 g/mol. The van der Waals surface area contributed by atoms with Gasteiger partial charge in [-0.3, -0.25) is 10.1 Å². The van der Waals surface area contributed by atoms with E-state index in [9.17, 15) is 14.6 Å². The van der Waals surface area contributed by atoms with Gasteiger partial charge in [-0.2, -0.15) is 5.10 Å². The van der Waals surface area contributed by atoms with Crippen molar-refractivity contribution in [2.45, 2.75) is 13.0 Å². The van der Waals surface area contributed by atoms with Gasteiger partial charge in [0.25, 0.3) is 0 Å². The summed E-state index contributed by atoms with van der Waals surface area (Å²) in [5.41, 5.74) is 4.53. The normalized spacial score (nSPS) is 12.1. The molecule has 0 radical (unpaired) electrons. The topological polar surface area (TPSA) is 94.1 Å². The summed E-state index contributed by atoms with van der Waals surface area (Å²) < 4.78 is 15.0. The number of aliphatic hydroxyl groups is 1. The Balaban J connectivity index is 1.68. The average Bonchev–Trinajstić information content (AvgIpc) is 3.25. The van der Waals surface area contributed by atoms with E-state index in [2.05, 4.69) is 20.5 Å². The van der Waals surface area contributed by atoms with Crippen molar-refractivity contribution < 1.29 is 14.6 Å². The van der Waals surface area contributed by atoms with Gasteiger partial charge < -0.3 is 15.5 Å². The Bertz CT molecular complexity index is 1520. The number of aliphatic hydroxyl groups excluding tert-OH is 1. The first-order valence-electron chi connectivity index (χ1n) is 11.0. The van der Waals surface area contributed by atoms with Gasteiger partial charge in [-0.05, 0) is 54.4 Å². The fourth-order valence-electron chi connectivity index (χ4n) is 4.16. The second-order valence-electron chi connectivity index (χ2n) is 8.26. The quantitative estimate of drug-likeness (QED) is 0.227. The predicted molar refractivity (Wildman–Crippen MR) is 136 cm³/mol. The second kappa shape index (κ2) is 9.37. The maximum Gasteiger partial charge on any atom is 0.149 e. The van der Waals surface area contributed by atoms with E-state index in [1.54, 1.807) is 25.3 Å². The van der Waals surface area contributed by atoms with Crippen LogP contribution in [0.3, 0.4) is 0 Å². The number of halogens is 2. The maximum absolute atomic E-state index is 15.0. The highest BCUT2D eigenvalue weighted by Crippen LogP contribution is 2.39. The van der Waals surface area contributed by atoms with Crippen LogP contribution in [0, 0.1) is 12.7 Å². The number of rotatable bonds is 6. The van der Waals surface area contributed by atoms with Gasteiger partial charge in [-0.1, -0.05) is 41.9 Å². The minimum atomic E-state index is -0.449. The molecule has 4 N–H and O–H groups in total. The van der Waals surface area contributed by atoms with Crippen LogP contribution in [0.15, 0.2) is 72.9 Å². The number of hydrogen-bond acceptors (Lipinski definition) is 5. The Hall–Kier alpha value is -3.94. The lowest BCUT2D eigenvalue weighted by Gasteiger charge is -2.20. The summed E-state index contributed by atoms with van der Waals surface area (Å²) in [5, 5.41) is 31.8. The van der Waals surface area contributed by atoms with Crippen molar-refractivity contribution in [1.82, 2.24) is 15.2 Å². The van der Waals surface area contributed by atoms with Crippen LogP contribution < -0.4 is 5.32 Å². The van der Waals surface area contributed by atoms with Crippen molar-refractivity contribution in [1.29, 1.82) is 0 Å². The lowest BCUT2D eigenvalue weighted by Crippen LogP contribution is -2.15. The molecule has 0 saturated heterocycles. The van der Waals surface area contributed by atoms with Crippen molar-refractivity contribution in [3.63, 3.8) is 0 Å². The zero-order valence-electron chi connectivity index (χ0n) is 18.8. The molecule has 3 aromatic carbocycles. The lowest BCUT2D eigenvalue weighted by molar-refractivity contribution is 0.276. The molecule has 35 heavy (non-hydrogen) atoms. The number of hydrogen-bond donors (Lipinski definition) is 4. The molecule has 0 aliphatic rings. The molecule has 176 valence electrons. The summed E-state index contributed by atoms with van der Waals surface area (Å²) in [6.45, 7) is 1.67. The molecule has 0 saturated carbocycles. The molecule has 0 amide bonds. The zero-order valence-corrected chi connectivity index (χ0v) is 19.5. The highest BCUT2D eigenvalue weighted by Gasteiger charge is 2.19. The summed E-state index contributed by atoms with van der Waals surface area (Å²) in [5.74, 6) is -0.447. The minimum absolute atomic E-state index is 0.00224. The zero-order chi connectivity index (χ0) is 24.5. The first-order chi connectivity index (χ1) is 16.9. The Kier molecular flexibility index (Phi) is 6.11. The van der Waals surface area contributed by atoms with E-state index in [4.69, 9.17) is 11.6 Å². The molecule has 0 bridgehead atoms. The molecule has 0 aliphatic carbocycles. The van der Waals surface area contributed by atoms with Crippen molar-refractivity contribution in [3.05, 3.63) is 95.0 Å². The van der Waals surface area contributed by atoms with Gasteiger partial charge in [0.1, 0.15) is 17.1 Å². The molecule has 0 aliphatic heterocycles. The third-order valence-electron chi connectivity index (χ3n) is 5.95. The molecule has 0 spiro atoms. The second-order valence-corrected chi connectivity index (χ2v) is 8.70. The fraction of sp³-hybridized carbons (Fsp3) is 0.111. The van der Waals surface area contributed by atoms with Crippen LogP contribution in [0.25, 0.3) is 33.3 Å². The Morgan fingerprint density at radius 2 is 1.86 bits per heavy atom. The molecule has 1 atom stereocenters. The summed E-state index contributed by atoms with van der Waals surface area (Å²) >= 11 is 6.21. The van der Waals surface area contributed by atoms with Gasteiger partial charge in [0.2, 0.25) is 0 Å². The number of nitrogens with one attached hydrogen (secondary N) is 2. The Morgan fingerprint density at radius 3 is 2.63 bits per heavy atom. The highest BCUT2D eigenvalue weighted by atomic mass is 35.5. The summed E-state index contributed by atoms with van der Waals surface area (Å²) in [7, 11) is 0. The number of aromatic amines is 1. The molecule has 2 heterocycles. The van der Waals surface area contributed by atoms with Gasteiger partial charge in [-0.15, -0.1) is 0 Å². The van der Waals surface area contributed by atoms with E-state index in [0.29, 0.717) is 49.7 Å². The summed E-state index contributed by atoms with van der Waals surface area (Å²) in [4.78, 5) is 4.62. The first kappa shape index (κ1) is 22.8. The van der Waals surface area contributed by atoms with Gasteiger partial charge in [0.15, 0.2) is 0 Å². The number of aromatic nitrogens is 3. The minimum Gasteiger partial charge on any atom is -0.507 e. The van der Waals surface area contributed by atoms with Crippen LogP contribution in [0.4, 0.5) is 10.1 Å². The van der Waals surface area contributed by atoms with E-state index < -0.39 is 5.82 Å². The van der Waals surface area contributed by atoms with E-state index >= 15 is 0 Å². The molecule has 5 rings (SSSR count). The van der Waals surface area contributed by atoms with Crippen molar-refractivity contribution >= 4 is 28.2 Å². The number of aromatic hydroxyl groups is 1. The van der Waals surface area contributed by atoms with Crippen LogP contribution in [0.2, 0.25) is 5.02 Å². The summed E-state index contributed by atoms with van der Waals surface area (Å²) in [6, 6.07) is 19.0. The van der Waals surface area contributed by atoms with Crippen molar-refractivity contribution in [3.8, 4) is 28.1 Å². The predicted octanol–water partition coefficient (Wildman–Crippen LogP) is 6.24. The smallest absolute Gasteiger partial charge is 0.149 e. The number of nitrogens with zero attached hydrogens (tertiary/aromatic N) is 2. The highest BCUT2D eigenvalue weighted by molar-refractivity contribution is 6.31. The lowest BCUT2D eigenvalue weighted by atomic mass is 9.96. The molecule has 8 heteroatoms. The van der Waals surface area contributed by atoms with Crippen LogP contribution in [-0.2, 0) is 0 Å². The van der Waals surface area contributed by atoms with E-state index in [0.717, 1.165) is 5.56 Å². The SMILES string of the molecule is Cc1n[nH]c2c(F)cc(-c3cc(NC(CO)c4ccccc4)cnc3-c3cc(Cl)ccc3O)cc12. The van der Waals surface area contributed by atoms with Crippen molar-refractivity contribution in [2.24, 2.45) is 0 Å². The molecule has 0 fully saturated rings. The molecule has 6 nitrogen and oxygen atoms in total. The molecular formula is C27H22ClFN4O2. The van der Waals surface area contributed by atoms with Crippen LogP contribution in [-0.4, -0.2) is 32.0 Å². The third kappa shape index (κ3) is 4.43. The third-order valence-corrected chi connectivity index (χ3v) is 6.19. The number of aryl methyl sites for hydroxylation is 1. The number of pyridine rings is 1. The van der Waals surface area contributed by atoms with Crippen LogP contribution >= 0.6 is 11.6 Å². The monoisotopic (exact) mass is 488 g/mol. The van der Waals surface area contributed by atoms with Gasteiger partial charge in [-0.25, -0.2) is 4.39 Å². The van der Waals surface area contributed by atoms with Gasteiger partial charge in [0, 0.05) is 21.5 Å². The number of fused-ring (bicyclic) bond motifs is 1. The fourth-order valence-corrected chi connectivity index (χ4v) is 4.33. The molecule has 1 unspecified atom stereocenters. The largest absolute Gasteiger partial charge is 0.507 e. The standard InChI is InChI=1S/C27H22ClFN4O2/c1-15-20-9-17(10-23(29)27(20)33-32-15)21-12-19(31-24(14-34)16-5-3-2-4-6-16)13-30-26(21)22-11-18(28)7-8-25(22)35/h2-13,24,31,34-35H,14H2,1H3,(H,32,33). The van der Waals surface area contributed by atoms with E-state index in [1.165, 1.54) is 12.1 Å².